The van der Waals surface area contributed by atoms with Crippen molar-refractivity contribution in [1.29, 1.82) is 0 Å². The Morgan fingerprint density at radius 1 is 1.21 bits per heavy atom. The molecule has 68 valence electrons. The number of allylic oxidation sites excluding steroid dienone is 1. The third-order valence-corrected chi connectivity index (χ3v) is 2.31. The molecular formula is C11H6O3. The SMILES string of the molecule is O=C(O)C1=CC=c2ccc3c(c2O1)C=3. The van der Waals surface area contributed by atoms with E-state index in [0.29, 0.717) is 5.75 Å². The van der Waals surface area contributed by atoms with Gasteiger partial charge >= 0.3 is 5.97 Å². The Balaban J connectivity index is 2.18. The second-order valence-electron chi connectivity index (χ2n) is 3.24. The molecule has 0 atom stereocenters. The predicted molar refractivity (Wildman–Crippen MR) is 50.1 cm³/mol. The zero-order valence-corrected chi connectivity index (χ0v) is 7.15. The highest BCUT2D eigenvalue weighted by molar-refractivity contribution is 5.88. The summed E-state index contributed by atoms with van der Waals surface area (Å²) >= 11 is 0. The van der Waals surface area contributed by atoms with Crippen molar-refractivity contribution >= 4 is 18.1 Å². The molecule has 0 aromatic heterocycles. The molecule has 14 heavy (non-hydrogen) atoms. The van der Waals surface area contributed by atoms with Gasteiger partial charge in [-0.1, -0.05) is 12.1 Å². The van der Waals surface area contributed by atoms with Gasteiger partial charge < -0.3 is 9.84 Å². The van der Waals surface area contributed by atoms with Gasteiger partial charge in [-0.25, -0.2) is 4.79 Å². The lowest BCUT2D eigenvalue weighted by Gasteiger charge is -2.09. The van der Waals surface area contributed by atoms with E-state index in [2.05, 4.69) is 0 Å². The Morgan fingerprint density at radius 2 is 2.00 bits per heavy atom. The number of aliphatic carboxylic acids is 1. The summed E-state index contributed by atoms with van der Waals surface area (Å²) in [6.07, 6.45) is 5.20. The first-order valence-electron chi connectivity index (χ1n) is 4.23. The maximum absolute atomic E-state index is 10.7. The van der Waals surface area contributed by atoms with Crippen molar-refractivity contribution in [2.75, 3.05) is 0 Å². The number of ether oxygens (including phenoxy) is 1. The normalized spacial score (nSPS) is 15.0. The van der Waals surface area contributed by atoms with E-state index in [0.717, 1.165) is 16.0 Å². The van der Waals surface area contributed by atoms with Crippen LogP contribution in [-0.2, 0) is 4.79 Å². The molecule has 0 saturated carbocycles. The largest absolute Gasteiger partial charge is 0.475 e. The van der Waals surface area contributed by atoms with Crippen LogP contribution in [0.4, 0.5) is 0 Å². The molecule has 3 rings (SSSR count). The lowest BCUT2D eigenvalue weighted by Crippen LogP contribution is -2.18. The average Bonchev–Trinajstić information content (AvgIpc) is 2.95. The van der Waals surface area contributed by atoms with Crippen molar-refractivity contribution in [2.45, 2.75) is 0 Å². The molecule has 0 unspecified atom stereocenters. The van der Waals surface area contributed by atoms with E-state index in [1.807, 2.05) is 18.2 Å². The van der Waals surface area contributed by atoms with Gasteiger partial charge in [-0.15, -0.1) is 0 Å². The molecule has 0 spiro atoms. The lowest BCUT2D eigenvalue weighted by molar-refractivity contribution is -0.135. The predicted octanol–water partition coefficient (Wildman–Crippen LogP) is -0.0298. The van der Waals surface area contributed by atoms with Crippen molar-refractivity contribution in [1.82, 2.24) is 0 Å². The first kappa shape index (κ1) is 7.38. The molecule has 0 amide bonds. The zero-order valence-electron chi connectivity index (χ0n) is 7.15. The minimum atomic E-state index is -1.04. The van der Waals surface area contributed by atoms with Crippen LogP contribution >= 0.6 is 0 Å². The molecule has 1 aromatic carbocycles. The molecule has 1 aliphatic carbocycles. The average molecular weight is 186 g/mol. The van der Waals surface area contributed by atoms with Gasteiger partial charge in [0.1, 0.15) is 5.75 Å². The number of hydrogen-bond acceptors (Lipinski definition) is 2. The summed E-state index contributed by atoms with van der Waals surface area (Å²) in [7, 11) is 0. The summed E-state index contributed by atoms with van der Waals surface area (Å²) in [5.74, 6) is -0.390. The minimum absolute atomic E-state index is 0.0220. The van der Waals surface area contributed by atoms with E-state index in [-0.39, 0.29) is 5.76 Å². The first-order valence-corrected chi connectivity index (χ1v) is 4.23. The van der Waals surface area contributed by atoms with Crippen molar-refractivity contribution < 1.29 is 14.6 Å². The topological polar surface area (TPSA) is 46.5 Å². The van der Waals surface area contributed by atoms with Crippen molar-refractivity contribution in [3.05, 3.63) is 40.0 Å². The highest BCUT2D eigenvalue weighted by Gasteiger charge is 2.20. The molecule has 3 heteroatoms. The second kappa shape index (κ2) is 2.26. The summed E-state index contributed by atoms with van der Waals surface area (Å²) in [6.45, 7) is 0. The van der Waals surface area contributed by atoms with Crippen LogP contribution in [0.5, 0.6) is 5.75 Å². The van der Waals surface area contributed by atoms with Gasteiger partial charge in [-0.2, -0.15) is 0 Å². The first-order chi connectivity index (χ1) is 6.75. The van der Waals surface area contributed by atoms with Crippen molar-refractivity contribution in [3.8, 4) is 5.75 Å². The molecule has 0 fully saturated rings. The summed E-state index contributed by atoms with van der Waals surface area (Å²) in [5.41, 5.74) is 1.02. The van der Waals surface area contributed by atoms with E-state index in [9.17, 15) is 4.79 Å². The Hall–Kier alpha value is -2.03. The van der Waals surface area contributed by atoms with Crippen LogP contribution in [0.15, 0.2) is 24.0 Å². The number of carboxylic acids is 1. The third kappa shape index (κ3) is 0.893. The Kier molecular flexibility index (Phi) is 1.19. The Morgan fingerprint density at radius 3 is 2.79 bits per heavy atom. The van der Waals surface area contributed by atoms with Gasteiger partial charge in [0, 0.05) is 10.8 Å². The van der Waals surface area contributed by atoms with Crippen LogP contribution in [0.3, 0.4) is 0 Å². The quantitative estimate of drug-likeness (QED) is 0.680. The molecule has 3 nitrogen and oxygen atoms in total. The molecule has 0 saturated heterocycles. The molecular weight excluding hydrogens is 180 g/mol. The summed E-state index contributed by atoms with van der Waals surface area (Å²) in [4.78, 5) is 10.7. The van der Waals surface area contributed by atoms with E-state index < -0.39 is 5.97 Å². The number of fused-ring (bicyclic) bond motifs is 3. The fourth-order valence-electron chi connectivity index (χ4n) is 1.53. The third-order valence-electron chi connectivity index (χ3n) is 2.31. The molecule has 1 aliphatic heterocycles. The fourth-order valence-corrected chi connectivity index (χ4v) is 1.53. The highest BCUT2D eigenvalue weighted by atomic mass is 16.5. The van der Waals surface area contributed by atoms with Gasteiger partial charge in [-0.05, 0) is 23.4 Å². The molecule has 2 aliphatic rings. The van der Waals surface area contributed by atoms with Crippen LogP contribution in [0.1, 0.15) is 5.56 Å². The number of rotatable bonds is 1. The molecule has 1 N–H and O–H groups in total. The number of carboxylic acid groups (broad SMARTS) is 1. The van der Waals surface area contributed by atoms with E-state index in [1.54, 1.807) is 6.08 Å². The summed E-state index contributed by atoms with van der Waals surface area (Å²) < 4.78 is 5.28. The number of carbonyl (C=O) groups is 1. The number of benzene rings is 1. The van der Waals surface area contributed by atoms with E-state index >= 15 is 0 Å². The monoisotopic (exact) mass is 186 g/mol. The molecule has 1 heterocycles. The van der Waals surface area contributed by atoms with Crippen molar-refractivity contribution in [2.24, 2.45) is 0 Å². The number of hydrogen-bond donors (Lipinski definition) is 1. The summed E-state index contributed by atoms with van der Waals surface area (Å²) in [6, 6.07) is 3.92. The summed E-state index contributed by atoms with van der Waals surface area (Å²) in [5, 5.41) is 10.8. The Labute approximate surface area is 79.2 Å². The second-order valence-corrected chi connectivity index (χ2v) is 3.24. The Bertz CT molecular complexity index is 594. The van der Waals surface area contributed by atoms with Gasteiger partial charge in [-0.3, -0.25) is 0 Å². The van der Waals surface area contributed by atoms with Gasteiger partial charge in [0.05, 0.1) is 0 Å². The standard InChI is InChI=1S/C11H6O3/c12-11(13)9-4-3-6-1-2-7-5-8(7)10(6)14-9/h1-5H,(H,12,13). The highest BCUT2D eigenvalue weighted by Crippen LogP contribution is 2.21. The van der Waals surface area contributed by atoms with Crippen LogP contribution in [0, 0.1) is 0 Å². The molecule has 0 radical (unpaired) electrons. The van der Waals surface area contributed by atoms with E-state index in [4.69, 9.17) is 9.84 Å². The maximum atomic E-state index is 10.7. The lowest BCUT2D eigenvalue weighted by atomic mass is 10.2. The van der Waals surface area contributed by atoms with E-state index in [1.165, 1.54) is 6.08 Å². The molecule has 1 aromatic rings. The van der Waals surface area contributed by atoms with Gasteiger partial charge in [0.2, 0.25) is 5.76 Å². The minimum Gasteiger partial charge on any atom is -0.475 e. The van der Waals surface area contributed by atoms with Gasteiger partial charge in [0.15, 0.2) is 0 Å². The maximum Gasteiger partial charge on any atom is 0.371 e. The van der Waals surface area contributed by atoms with Crippen LogP contribution in [0.2, 0.25) is 0 Å². The zero-order chi connectivity index (χ0) is 9.71. The van der Waals surface area contributed by atoms with Crippen LogP contribution in [0.25, 0.3) is 12.2 Å². The van der Waals surface area contributed by atoms with Crippen LogP contribution < -0.4 is 15.2 Å². The van der Waals surface area contributed by atoms with Crippen molar-refractivity contribution in [3.63, 3.8) is 0 Å². The van der Waals surface area contributed by atoms with Gasteiger partial charge in [0.25, 0.3) is 0 Å². The fraction of sp³-hybridized carbons (Fsp3) is 0. The smallest absolute Gasteiger partial charge is 0.371 e. The molecule has 0 bridgehead atoms. The van der Waals surface area contributed by atoms with Crippen LogP contribution in [-0.4, -0.2) is 11.1 Å².